The summed E-state index contributed by atoms with van der Waals surface area (Å²) in [6.07, 6.45) is 0.361. The zero-order valence-electron chi connectivity index (χ0n) is 10.3. The van der Waals surface area contributed by atoms with Crippen molar-refractivity contribution >= 4 is 5.97 Å². The molecule has 1 aliphatic rings. The van der Waals surface area contributed by atoms with E-state index in [0.29, 0.717) is 13.1 Å². The highest BCUT2D eigenvalue weighted by Crippen LogP contribution is 2.10. The van der Waals surface area contributed by atoms with E-state index in [4.69, 9.17) is 9.84 Å². The highest BCUT2D eigenvalue weighted by molar-refractivity contribution is 5.73. The molecule has 1 saturated heterocycles. The van der Waals surface area contributed by atoms with Crippen LogP contribution in [0.3, 0.4) is 0 Å². The van der Waals surface area contributed by atoms with Gasteiger partial charge in [0, 0.05) is 19.6 Å². The molecule has 94 valence electrons. The highest BCUT2D eigenvalue weighted by atomic mass is 16.5. The highest BCUT2D eigenvalue weighted by Gasteiger charge is 2.26. The van der Waals surface area contributed by atoms with Gasteiger partial charge in [0.25, 0.3) is 0 Å². The van der Waals surface area contributed by atoms with Crippen molar-refractivity contribution in [2.24, 2.45) is 0 Å². The molecule has 0 amide bonds. The number of rotatable bonds is 5. The molecular weight excluding hydrogens is 208 g/mol. The second-order valence-corrected chi connectivity index (χ2v) is 4.42. The lowest BCUT2D eigenvalue weighted by atomic mass is 10.2. The lowest BCUT2D eigenvalue weighted by Crippen LogP contribution is -2.52. The van der Waals surface area contributed by atoms with Crippen LogP contribution in [-0.4, -0.2) is 60.4 Å². The zero-order valence-corrected chi connectivity index (χ0v) is 10.3. The normalized spacial score (nSPS) is 28.9. The van der Waals surface area contributed by atoms with Gasteiger partial charge in [-0.15, -0.1) is 0 Å². The molecule has 3 atom stereocenters. The fourth-order valence-electron chi connectivity index (χ4n) is 2.17. The Balaban J connectivity index is 2.47. The van der Waals surface area contributed by atoms with Crippen molar-refractivity contribution in [2.45, 2.75) is 39.0 Å². The molecule has 0 aromatic heterocycles. The molecule has 3 unspecified atom stereocenters. The molecule has 16 heavy (non-hydrogen) atoms. The van der Waals surface area contributed by atoms with E-state index in [-0.39, 0.29) is 12.2 Å². The van der Waals surface area contributed by atoms with Crippen molar-refractivity contribution < 1.29 is 14.6 Å². The van der Waals surface area contributed by atoms with E-state index in [9.17, 15) is 4.79 Å². The average Bonchev–Trinajstić information content (AvgIpc) is 2.15. The number of aliphatic carboxylic acids is 1. The summed E-state index contributed by atoms with van der Waals surface area (Å²) in [7, 11) is 0. The lowest BCUT2D eigenvalue weighted by molar-refractivity contribution is -0.141. The van der Waals surface area contributed by atoms with Gasteiger partial charge in [0.05, 0.1) is 12.2 Å². The van der Waals surface area contributed by atoms with Gasteiger partial charge in [-0.05, 0) is 20.4 Å². The Morgan fingerprint density at radius 2 is 2.06 bits per heavy atom. The number of ether oxygens (including phenoxy) is 1. The number of nitrogens with zero attached hydrogens (tertiary/aromatic N) is 1. The molecule has 2 N–H and O–H groups in total. The molecule has 5 heteroatoms. The zero-order chi connectivity index (χ0) is 12.1. The minimum atomic E-state index is -0.784. The number of carboxylic acids is 1. The summed E-state index contributed by atoms with van der Waals surface area (Å²) in [6, 6.07) is -0.484. The van der Waals surface area contributed by atoms with E-state index >= 15 is 0 Å². The Bertz CT molecular complexity index is 225. The maximum absolute atomic E-state index is 11.0. The van der Waals surface area contributed by atoms with Crippen molar-refractivity contribution in [3.63, 3.8) is 0 Å². The first-order valence-electron chi connectivity index (χ1n) is 5.87. The quantitative estimate of drug-likeness (QED) is 0.704. The third kappa shape index (κ3) is 4.08. The molecule has 0 bridgehead atoms. The van der Waals surface area contributed by atoms with Gasteiger partial charge in [0.1, 0.15) is 6.04 Å². The van der Waals surface area contributed by atoms with Gasteiger partial charge in [-0.3, -0.25) is 9.69 Å². The van der Waals surface area contributed by atoms with E-state index in [1.165, 1.54) is 0 Å². The first kappa shape index (κ1) is 13.4. The molecule has 1 aliphatic heterocycles. The van der Waals surface area contributed by atoms with Gasteiger partial charge in [-0.2, -0.15) is 0 Å². The minimum absolute atomic E-state index is 0.180. The summed E-state index contributed by atoms with van der Waals surface area (Å²) in [5.74, 6) is -0.784. The number of hydrogen-bond acceptors (Lipinski definition) is 4. The first-order chi connectivity index (χ1) is 7.52. The third-order valence-corrected chi connectivity index (χ3v) is 2.68. The van der Waals surface area contributed by atoms with E-state index in [2.05, 4.69) is 10.2 Å². The van der Waals surface area contributed by atoms with Crippen molar-refractivity contribution in [1.29, 1.82) is 0 Å². The van der Waals surface area contributed by atoms with E-state index in [1.807, 2.05) is 20.8 Å². The largest absolute Gasteiger partial charge is 0.480 e. The number of carbonyl (C=O) groups is 1. The molecule has 0 spiro atoms. The Kier molecular flexibility index (Phi) is 5.18. The second-order valence-electron chi connectivity index (χ2n) is 4.42. The third-order valence-electron chi connectivity index (χ3n) is 2.68. The lowest BCUT2D eigenvalue weighted by Gasteiger charge is -2.36. The standard InChI is InChI=1S/C11H22N2O3/c1-4-12-10(11(14)15)7-13-5-8(2)16-9(3)6-13/h8-10,12H,4-7H2,1-3H3,(H,14,15). The summed E-state index contributed by atoms with van der Waals surface area (Å²) in [6.45, 7) is 8.78. The second kappa shape index (κ2) is 6.18. The smallest absolute Gasteiger partial charge is 0.322 e. The van der Waals surface area contributed by atoms with Crippen LogP contribution in [0.1, 0.15) is 20.8 Å². The monoisotopic (exact) mass is 230 g/mol. The Morgan fingerprint density at radius 1 is 1.50 bits per heavy atom. The first-order valence-corrected chi connectivity index (χ1v) is 5.87. The van der Waals surface area contributed by atoms with E-state index in [0.717, 1.165) is 13.1 Å². The molecule has 5 nitrogen and oxygen atoms in total. The molecule has 0 aromatic carbocycles. The van der Waals surface area contributed by atoms with E-state index in [1.54, 1.807) is 0 Å². The average molecular weight is 230 g/mol. The van der Waals surface area contributed by atoms with Crippen LogP contribution in [0.5, 0.6) is 0 Å². The topological polar surface area (TPSA) is 61.8 Å². The summed E-state index contributed by atoms with van der Waals surface area (Å²) in [5, 5.41) is 12.0. The molecule has 0 saturated carbocycles. The number of likely N-dealkylation sites (N-methyl/N-ethyl adjacent to an activating group) is 1. The Hall–Kier alpha value is -0.650. The molecule has 0 aromatic rings. The number of nitrogens with one attached hydrogen (secondary N) is 1. The minimum Gasteiger partial charge on any atom is -0.480 e. The van der Waals surface area contributed by atoms with Gasteiger partial charge < -0.3 is 15.2 Å². The number of carboxylic acid groups (broad SMARTS) is 1. The fraction of sp³-hybridized carbons (Fsp3) is 0.909. The molecular formula is C11H22N2O3. The van der Waals surface area contributed by atoms with Crippen molar-refractivity contribution in [2.75, 3.05) is 26.2 Å². The Morgan fingerprint density at radius 3 is 2.50 bits per heavy atom. The van der Waals surface area contributed by atoms with Crippen molar-refractivity contribution in [3.8, 4) is 0 Å². The number of morpholine rings is 1. The maximum atomic E-state index is 11.0. The summed E-state index contributed by atoms with van der Waals surface area (Å²) in [5.41, 5.74) is 0. The molecule has 1 heterocycles. The SMILES string of the molecule is CCNC(CN1CC(C)OC(C)C1)C(=O)O. The van der Waals surface area contributed by atoms with Gasteiger partial charge in [0.2, 0.25) is 0 Å². The summed E-state index contributed by atoms with van der Waals surface area (Å²) < 4.78 is 5.61. The molecule has 0 radical (unpaired) electrons. The van der Waals surface area contributed by atoms with Crippen LogP contribution >= 0.6 is 0 Å². The van der Waals surface area contributed by atoms with Gasteiger partial charge in [0.15, 0.2) is 0 Å². The Labute approximate surface area is 96.8 Å². The van der Waals surface area contributed by atoms with Gasteiger partial charge in [-0.1, -0.05) is 6.92 Å². The van der Waals surface area contributed by atoms with Crippen LogP contribution in [0, 0.1) is 0 Å². The van der Waals surface area contributed by atoms with Crippen LogP contribution in [0.2, 0.25) is 0 Å². The van der Waals surface area contributed by atoms with Crippen molar-refractivity contribution in [3.05, 3.63) is 0 Å². The van der Waals surface area contributed by atoms with Crippen LogP contribution < -0.4 is 5.32 Å². The van der Waals surface area contributed by atoms with Crippen LogP contribution in [-0.2, 0) is 9.53 Å². The van der Waals surface area contributed by atoms with Crippen molar-refractivity contribution in [1.82, 2.24) is 10.2 Å². The predicted molar refractivity (Wildman–Crippen MR) is 61.5 cm³/mol. The molecule has 0 aliphatic carbocycles. The van der Waals surface area contributed by atoms with E-state index < -0.39 is 12.0 Å². The summed E-state index contributed by atoms with van der Waals surface area (Å²) in [4.78, 5) is 13.2. The molecule has 1 fully saturated rings. The number of hydrogen-bond donors (Lipinski definition) is 2. The predicted octanol–water partition coefficient (Wildman–Crippen LogP) is 0.158. The fourth-order valence-corrected chi connectivity index (χ4v) is 2.17. The maximum Gasteiger partial charge on any atom is 0.322 e. The van der Waals surface area contributed by atoms with Crippen LogP contribution in [0.25, 0.3) is 0 Å². The van der Waals surface area contributed by atoms with Gasteiger partial charge in [-0.25, -0.2) is 0 Å². The molecule has 1 rings (SSSR count). The van der Waals surface area contributed by atoms with Crippen LogP contribution in [0.15, 0.2) is 0 Å². The van der Waals surface area contributed by atoms with Crippen LogP contribution in [0.4, 0.5) is 0 Å². The van der Waals surface area contributed by atoms with Gasteiger partial charge >= 0.3 is 5.97 Å². The summed E-state index contributed by atoms with van der Waals surface area (Å²) >= 11 is 0.